The molecule has 0 aliphatic rings. The van der Waals surface area contributed by atoms with Crippen molar-refractivity contribution < 1.29 is 23.6 Å². The van der Waals surface area contributed by atoms with Crippen LogP contribution in [0.5, 0.6) is 0 Å². The molecular weight excluding hydrogens is 381 g/mol. The van der Waals surface area contributed by atoms with E-state index in [1.165, 1.54) is 24.3 Å². The van der Waals surface area contributed by atoms with Gasteiger partial charge in [-0.25, -0.2) is 19.0 Å². The molecule has 8 nitrogen and oxygen atoms in total. The van der Waals surface area contributed by atoms with Crippen LogP contribution in [0, 0.1) is 5.82 Å². The van der Waals surface area contributed by atoms with Crippen LogP contribution in [0.4, 0.5) is 14.9 Å². The SMILES string of the molecule is CC(=O)On1c(-c2ccc(F)cc2)ncc(NC(=O)OCc2ccccc2)c1=O. The van der Waals surface area contributed by atoms with Crippen molar-refractivity contribution in [3.8, 4) is 11.4 Å². The molecule has 0 saturated heterocycles. The lowest BCUT2D eigenvalue weighted by Gasteiger charge is -2.13. The highest BCUT2D eigenvalue weighted by atomic mass is 19.1. The zero-order valence-corrected chi connectivity index (χ0v) is 15.3. The van der Waals surface area contributed by atoms with E-state index in [0.29, 0.717) is 10.3 Å². The Morgan fingerprint density at radius 3 is 2.45 bits per heavy atom. The average Bonchev–Trinajstić information content (AvgIpc) is 2.71. The smallest absolute Gasteiger partial charge is 0.412 e. The number of hydrogen-bond donors (Lipinski definition) is 1. The van der Waals surface area contributed by atoms with Gasteiger partial charge in [0.05, 0.1) is 6.20 Å². The van der Waals surface area contributed by atoms with Gasteiger partial charge in [-0.2, -0.15) is 0 Å². The summed E-state index contributed by atoms with van der Waals surface area (Å²) in [4.78, 5) is 45.1. The first kappa shape index (κ1) is 19.7. The summed E-state index contributed by atoms with van der Waals surface area (Å²) in [5, 5.41) is 2.27. The van der Waals surface area contributed by atoms with Gasteiger partial charge in [-0.05, 0) is 29.8 Å². The van der Waals surface area contributed by atoms with Gasteiger partial charge in [0.25, 0.3) is 0 Å². The van der Waals surface area contributed by atoms with Crippen molar-refractivity contribution in [1.82, 2.24) is 9.71 Å². The first-order valence-electron chi connectivity index (χ1n) is 8.48. The maximum atomic E-state index is 13.2. The quantitative estimate of drug-likeness (QED) is 0.711. The number of carbonyl (C=O) groups excluding carboxylic acids is 2. The van der Waals surface area contributed by atoms with E-state index < -0.39 is 23.4 Å². The third-order valence-electron chi connectivity index (χ3n) is 3.69. The molecule has 1 N–H and O–H groups in total. The van der Waals surface area contributed by atoms with Crippen molar-refractivity contribution in [3.05, 3.63) is 82.5 Å². The fourth-order valence-electron chi connectivity index (χ4n) is 2.40. The minimum Gasteiger partial charge on any atom is -0.444 e. The Balaban J connectivity index is 1.84. The highest BCUT2D eigenvalue weighted by Gasteiger charge is 2.17. The van der Waals surface area contributed by atoms with Crippen LogP contribution in [-0.2, 0) is 16.1 Å². The molecule has 0 aliphatic heterocycles. The van der Waals surface area contributed by atoms with E-state index in [4.69, 9.17) is 9.57 Å². The molecule has 0 unspecified atom stereocenters. The summed E-state index contributed by atoms with van der Waals surface area (Å²) in [6.45, 7) is 1.11. The second-order valence-corrected chi connectivity index (χ2v) is 5.87. The van der Waals surface area contributed by atoms with Crippen molar-refractivity contribution in [2.45, 2.75) is 13.5 Å². The molecule has 0 saturated carbocycles. The van der Waals surface area contributed by atoms with Crippen LogP contribution in [0.3, 0.4) is 0 Å². The number of carbonyl (C=O) groups is 2. The second-order valence-electron chi connectivity index (χ2n) is 5.87. The molecular formula is C20H16FN3O5. The van der Waals surface area contributed by atoms with E-state index in [1.807, 2.05) is 6.07 Å². The van der Waals surface area contributed by atoms with Gasteiger partial charge in [0, 0.05) is 12.5 Å². The van der Waals surface area contributed by atoms with Crippen molar-refractivity contribution in [3.63, 3.8) is 0 Å². The van der Waals surface area contributed by atoms with Gasteiger partial charge in [-0.3, -0.25) is 10.1 Å². The van der Waals surface area contributed by atoms with E-state index in [1.54, 1.807) is 24.3 Å². The summed E-state index contributed by atoms with van der Waals surface area (Å²) in [6, 6.07) is 14.1. The maximum Gasteiger partial charge on any atom is 0.412 e. The summed E-state index contributed by atoms with van der Waals surface area (Å²) in [5.74, 6) is -1.29. The van der Waals surface area contributed by atoms with Crippen LogP contribution < -0.4 is 15.7 Å². The van der Waals surface area contributed by atoms with Gasteiger partial charge >= 0.3 is 17.6 Å². The van der Waals surface area contributed by atoms with Gasteiger partial charge in [0.1, 0.15) is 18.1 Å². The van der Waals surface area contributed by atoms with Crippen LogP contribution >= 0.6 is 0 Å². The Bertz CT molecular complexity index is 1080. The normalized spacial score (nSPS) is 10.3. The van der Waals surface area contributed by atoms with Crippen molar-refractivity contribution >= 4 is 17.7 Å². The number of ether oxygens (including phenoxy) is 1. The molecule has 0 fully saturated rings. The van der Waals surface area contributed by atoms with Gasteiger partial charge in [0.15, 0.2) is 5.82 Å². The van der Waals surface area contributed by atoms with Crippen LogP contribution in [0.1, 0.15) is 12.5 Å². The number of rotatable bonds is 5. The van der Waals surface area contributed by atoms with E-state index in [2.05, 4.69) is 10.3 Å². The van der Waals surface area contributed by atoms with Crippen LogP contribution in [0.2, 0.25) is 0 Å². The number of aromatic nitrogens is 2. The predicted octanol–water partition coefficient (Wildman–Crippen LogP) is 2.77. The number of anilines is 1. The average molecular weight is 397 g/mol. The fraction of sp³-hybridized carbons (Fsp3) is 0.100. The van der Waals surface area contributed by atoms with Crippen LogP contribution in [0.25, 0.3) is 11.4 Å². The van der Waals surface area contributed by atoms with E-state index in [-0.39, 0.29) is 18.1 Å². The molecule has 1 aromatic heterocycles. The van der Waals surface area contributed by atoms with Crippen LogP contribution in [-0.4, -0.2) is 21.8 Å². The Morgan fingerprint density at radius 2 is 1.79 bits per heavy atom. The molecule has 148 valence electrons. The third kappa shape index (κ3) is 5.04. The largest absolute Gasteiger partial charge is 0.444 e. The van der Waals surface area contributed by atoms with Crippen molar-refractivity contribution in [1.29, 1.82) is 0 Å². The summed E-state index contributed by atoms with van der Waals surface area (Å²) in [7, 11) is 0. The Kier molecular flexibility index (Phi) is 5.98. The Labute approximate surface area is 164 Å². The van der Waals surface area contributed by atoms with Crippen molar-refractivity contribution in [2.75, 3.05) is 5.32 Å². The molecule has 0 aliphatic carbocycles. The molecule has 3 aromatic rings. The van der Waals surface area contributed by atoms with Crippen molar-refractivity contribution in [2.24, 2.45) is 0 Å². The summed E-state index contributed by atoms with van der Waals surface area (Å²) < 4.78 is 18.8. The topological polar surface area (TPSA) is 99.5 Å². The zero-order valence-electron chi connectivity index (χ0n) is 15.3. The molecule has 9 heteroatoms. The lowest BCUT2D eigenvalue weighted by atomic mass is 10.2. The monoisotopic (exact) mass is 397 g/mol. The third-order valence-corrected chi connectivity index (χ3v) is 3.69. The number of benzene rings is 2. The number of nitrogens with zero attached hydrogens (tertiary/aromatic N) is 2. The molecule has 0 atom stereocenters. The fourth-order valence-corrected chi connectivity index (χ4v) is 2.40. The predicted molar refractivity (Wildman–Crippen MR) is 101 cm³/mol. The number of hydrogen-bond acceptors (Lipinski definition) is 6. The number of halogens is 1. The molecule has 1 heterocycles. The standard InChI is InChI=1S/C20H16FN3O5/c1-13(25)29-24-18(15-7-9-16(21)10-8-15)22-11-17(19(24)26)23-20(27)28-12-14-5-3-2-4-6-14/h2-11H,12H2,1H3,(H,23,27). The van der Waals surface area contributed by atoms with Gasteiger partial charge in [0.2, 0.25) is 0 Å². The minimum atomic E-state index is -0.878. The zero-order chi connectivity index (χ0) is 20.8. The van der Waals surface area contributed by atoms with E-state index in [0.717, 1.165) is 18.7 Å². The second kappa shape index (κ2) is 8.79. The van der Waals surface area contributed by atoms with E-state index in [9.17, 15) is 18.8 Å². The molecule has 2 aromatic carbocycles. The first-order chi connectivity index (χ1) is 13.9. The number of nitrogens with one attached hydrogen (secondary N) is 1. The van der Waals surface area contributed by atoms with Crippen LogP contribution in [0.15, 0.2) is 65.6 Å². The molecule has 0 bridgehead atoms. The first-order valence-corrected chi connectivity index (χ1v) is 8.48. The highest BCUT2D eigenvalue weighted by molar-refractivity contribution is 5.84. The Hall–Kier alpha value is -4.01. The van der Waals surface area contributed by atoms with Gasteiger partial charge in [-0.15, -0.1) is 4.73 Å². The van der Waals surface area contributed by atoms with E-state index >= 15 is 0 Å². The molecule has 0 spiro atoms. The molecule has 29 heavy (non-hydrogen) atoms. The van der Waals surface area contributed by atoms with Gasteiger partial charge < -0.3 is 9.57 Å². The lowest BCUT2D eigenvalue weighted by molar-refractivity contribution is -0.141. The lowest BCUT2D eigenvalue weighted by Crippen LogP contribution is -2.34. The summed E-state index contributed by atoms with van der Waals surface area (Å²) in [6.07, 6.45) is 0.224. The van der Waals surface area contributed by atoms with Gasteiger partial charge in [-0.1, -0.05) is 30.3 Å². The minimum absolute atomic E-state index is 0.00585. The molecule has 0 radical (unpaired) electrons. The summed E-state index contributed by atoms with van der Waals surface area (Å²) >= 11 is 0. The molecule has 1 amide bonds. The summed E-state index contributed by atoms with van der Waals surface area (Å²) in [5.41, 5.74) is 0.00840. The highest BCUT2D eigenvalue weighted by Crippen LogP contribution is 2.16. The molecule has 3 rings (SSSR count). The maximum absolute atomic E-state index is 13.2. The Morgan fingerprint density at radius 1 is 1.10 bits per heavy atom. The number of amides is 1.